The van der Waals surface area contributed by atoms with E-state index in [1.807, 2.05) is 10.9 Å². The molecule has 2 aromatic rings. The van der Waals surface area contributed by atoms with Crippen molar-refractivity contribution in [2.75, 3.05) is 12.4 Å². The van der Waals surface area contributed by atoms with E-state index in [1.165, 1.54) is 19.2 Å². The van der Waals surface area contributed by atoms with Gasteiger partial charge in [-0.1, -0.05) is 0 Å². The van der Waals surface area contributed by atoms with Gasteiger partial charge < -0.3 is 10.1 Å². The lowest BCUT2D eigenvalue weighted by Crippen LogP contribution is -2.02. The molecule has 0 aliphatic rings. The van der Waals surface area contributed by atoms with Gasteiger partial charge in [0.15, 0.2) is 0 Å². The fourth-order valence-corrected chi connectivity index (χ4v) is 1.89. The molecule has 1 aromatic carbocycles. The van der Waals surface area contributed by atoms with Gasteiger partial charge in [0.05, 0.1) is 30.0 Å². The summed E-state index contributed by atoms with van der Waals surface area (Å²) in [5, 5.41) is 18.2. The maximum atomic E-state index is 10.7. The summed E-state index contributed by atoms with van der Waals surface area (Å²) in [6.45, 7) is 4.69. The van der Waals surface area contributed by atoms with Gasteiger partial charge in [0.25, 0.3) is 5.69 Å². The number of nitrogens with one attached hydrogen (secondary N) is 1. The maximum Gasteiger partial charge on any atom is 0.273 e. The first-order valence-corrected chi connectivity index (χ1v) is 6.60. The van der Waals surface area contributed by atoms with E-state index >= 15 is 0 Å². The van der Waals surface area contributed by atoms with Crippen molar-refractivity contribution >= 4 is 11.4 Å². The second-order valence-corrected chi connectivity index (χ2v) is 4.92. The lowest BCUT2D eigenvalue weighted by Gasteiger charge is -2.10. The Morgan fingerprint density at radius 2 is 2.24 bits per heavy atom. The first kappa shape index (κ1) is 14.8. The predicted octanol–water partition coefficient (Wildman–Crippen LogP) is 2.99. The van der Waals surface area contributed by atoms with E-state index < -0.39 is 4.92 Å². The Bertz CT molecular complexity index is 637. The highest BCUT2D eigenvalue weighted by atomic mass is 16.6. The number of methoxy groups -OCH3 is 1. The van der Waals surface area contributed by atoms with Crippen LogP contribution in [0.1, 0.15) is 25.5 Å². The lowest BCUT2D eigenvalue weighted by atomic mass is 10.2. The van der Waals surface area contributed by atoms with E-state index in [2.05, 4.69) is 24.3 Å². The van der Waals surface area contributed by atoms with E-state index in [9.17, 15) is 10.1 Å². The van der Waals surface area contributed by atoms with Gasteiger partial charge in [-0.25, -0.2) is 0 Å². The summed E-state index contributed by atoms with van der Waals surface area (Å²) in [7, 11) is 1.49. The Morgan fingerprint density at radius 1 is 1.48 bits per heavy atom. The van der Waals surface area contributed by atoms with Crippen molar-refractivity contribution in [3.05, 3.63) is 46.3 Å². The average molecular weight is 290 g/mol. The molecule has 1 heterocycles. The minimum absolute atomic E-state index is 0.00465. The van der Waals surface area contributed by atoms with Crippen molar-refractivity contribution in [2.24, 2.45) is 0 Å². The number of aromatic nitrogens is 2. The smallest absolute Gasteiger partial charge is 0.273 e. The van der Waals surface area contributed by atoms with Crippen molar-refractivity contribution in [3.8, 4) is 5.75 Å². The maximum absolute atomic E-state index is 10.7. The van der Waals surface area contributed by atoms with Crippen molar-refractivity contribution in [2.45, 2.75) is 26.4 Å². The molecule has 7 nitrogen and oxygen atoms in total. The van der Waals surface area contributed by atoms with Crippen LogP contribution >= 0.6 is 0 Å². The number of nitro groups is 1. The first-order chi connectivity index (χ1) is 10.0. The van der Waals surface area contributed by atoms with Crippen LogP contribution in [0.25, 0.3) is 0 Å². The summed E-state index contributed by atoms with van der Waals surface area (Å²) in [6.07, 6.45) is 3.76. The lowest BCUT2D eigenvalue weighted by molar-refractivity contribution is -0.384. The van der Waals surface area contributed by atoms with Gasteiger partial charge in [-0.2, -0.15) is 5.10 Å². The quantitative estimate of drug-likeness (QED) is 0.653. The van der Waals surface area contributed by atoms with Crippen LogP contribution in [0.5, 0.6) is 5.75 Å². The van der Waals surface area contributed by atoms with Gasteiger partial charge >= 0.3 is 0 Å². The monoisotopic (exact) mass is 290 g/mol. The Hall–Kier alpha value is -2.57. The SMILES string of the molecule is COc1cc([N+](=O)[O-])ccc1NCc1cnn(C(C)C)c1. The molecular weight excluding hydrogens is 272 g/mol. The molecule has 21 heavy (non-hydrogen) atoms. The zero-order chi connectivity index (χ0) is 15.4. The Morgan fingerprint density at radius 3 is 2.81 bits per heavy atom. The number of non-ortho nitro benzene ring substituents is 1. The van der Waals surface area contributed by atoms with Crippen molar-refractivity contribution in [1.29, 1.82) is 0 Å². The van der Waals surface area contributed by atoms with Crippen LogP contribution in [0.3, 0.4) is 0 Å². The van der Waals surface area contributed by atoms with Crippen LogP contribution < -0.4 is 10.1 Å². The van der Waals surface area contributed by atoms with Gasteiger partial charge in [-0.05, 0) is 19.9 Å². The van der Waals surface area contributed by atoms with Gasteiger partial charge in [-0.15, -0.1) is 0 Å². The average Bonchev–Trinajstić information content (AvgIpc) is 2.93. The minimum Gasteiger partial charge on any atom is -0.494 e. The summed E-state index contributed by atoms with van der Waals surface area (Å²) in [6, 6.07) is 4.80. The normalized spacial score (nSPS) is 10.7. The molecule has 0 aliphatic carbocycles. The number of ether oxygens (including phenoxy) is 1. The molecule has 0 radical (unpaired) electrons. The third-order valence-corrected chi connectivity index (χ3v) is 3.06. The van der Waals surface area contributed by atoms with E-state index in [0.29, 0.717) is 24.0 Å². The topological polar surface area (TPSA) is 82.2 Å². The molecule has 0 amide bonds. The zero-order valence-electron chi connectivity index (χ0n) is 12.2. The summed E-state index contributed by atoms with van der Waals surface area (Å²) in [5.41, 5.74) is 1.74. The second kappa shape index (κ2) is 6.25. The highest BCUT2D eigenvalue weighted by Crippen LogP contribution is 2.29. The Balaban J connectivity index is 2.10. The molecule has 0 bridgehead atoms. The summed E-state index contributed by atoms with van der Waals surface area (Å²) < 4.78 is 7.06. The molecule has 0 atom stereocenters. The fraction of sp³-hybridized carbons (Fsp3) is 0.357. The van der Waals surface area contributed by atoms with Gasteiger partial charge in [0.1, 0.15) is 5.75 Å². The standard InChI is InChI=1S/C14H18N4O3/c1-10(2)17-9-11(8-16-17)7-15-13-5-4-12(18(19)20)6-14(13)21-3/h4-6,8-10,15H,7H2,1-3H3. The molecule has 112 valence electrons. The molecule has 0 unspecified atom stereocenters. The van der Waals surface area contributed by atoms with Crippen molar-refractivity contribution in [3.63, 3.8) is 0 Å². The molecule has 1 aromatic heterocycles. The summed E-state index contributed by atoms with van der Waals surface area (Å²) in [4.78, 5) is 10.3. The molecule has 0 saturated heterocycles. The zero-order valence-corrected chi connectivity index (χ0v) is 12.2. The number of benzene rings is 1. The van der Waals surface area contributed by atoms with E-state index in [0.717, 1.165) is 5.56 Å². The summed E-state index contributed by atoms with van der Waals surface area (Å²) in [5.74, 6) is 0.445. The fourth-order valence-electron chi connectivity index (χ4n) is 1.89. The molecule has 0 spiro atoms. The summed E-state index contributed by atoms with van der Waals surface area (Å²) >= 11 is 0. The number of hydrogen-bond donors (Lipinski definition) is 1. The molecule has 2 rings (SSSR count). The predicted molar refractivity (Wildman–Crippen MR) is 79.6 cm³/mol. The van der Waals surface area contributed by atoms with Crippen molar-refractivity contribution < 1.29 is 9.66 Å². The van der Waals surface area contributed by atoms with Gasteiger partial charge in [-0.3, -0.25) is 14.8 Å². The van der Waals surface area contributed by atoms with Crippen molar-refractivity contribution in [1.82, 2.24) is 9.78 Å². The molecular formula is C14H18N4O3. The number of rotatable bonds is 6. The van der Waals surface area contributed by atoms with E-state index in [4.69, 9.17) is 4.74 Å². The highest BCUT2D eigenvalue weighted by Gasteiger charge is 2.11. The van der Waals surface area contributed by atoms with Crippen LogP contribution in [-0.2, 0) is 6.54 Å². The second-order valence-electron chi connectivity index (χ2n) is 4.92. The largest absolute Gasteiger partial charge is 0.494 e. The highest BCUT2D eigenvalue weighted by molar-refractivity contribution is 5.60. The van der Waals surface area contributed by atoms with Crippen LogP contribution in [-0.4, -0.2) is 21.8 Å². The van der Waals surface area contributed by atoms with E-state index in [1.54, 1.807) is 12.3 Å². The van der Waals surface area contributed by atoms with Gasteiger partial charge in [0, 0.05) is 30.4 Å². The molecule has 0 saturated carbocycles. The van der Waals surface area contributed by atoms with Crippen LogP contribution in [0.15, 0.2) is 30.6 Å². The molecule has 0 aliphatic heterocycles. The molecule has 7 heteroatoms. The third kappa shape index (κ3) is 3.50. The van der Waals surface area contributed by atoms with E-state index in [-0.39, 0.29) is 5.69 Å². The van der Waals surface area contributed by atoms with Crippen LogP contribution in [0.2, 0.25) is 0 Å². The third-order valence-electron chi connectivity index (χ3n) is 3.06. The van der Waals surface area contributed by atoms with Crippen LogP contribution in [0, 0.1) is 10.1 Å². The molecule has 1 N–H and O–H groups in total. The molecule has 0 fully saturated rings. The minimum atomic E-state index is -0.445. The Labute approximate surface area is 122 Å². The number of nitro benzene ring substituents is 1. The van der Waals surface area contributed by atoms with Crippen LogP contribution in [0.4, 0.5) is 11.4 Å². The number of hydrogen-bond acceptors (Lipinski definition) is 5. The number of anilines is 1. The Kier molecular flexibility index (Phi) is 4.42. The first-order valence-electron chi connectivity index (χ1n) is 6.60. The van der Waals surface area contributed by atoms with Gasteiger partial charge in [0.2, 0.25) is 0 Å². The number of nitrogens with zero attached hydrogens (tertiary/aromatic N) is 3.